The lowest BCUT2D eigenvalue weighted by molar-refractivity contribution is 0.116. The SMILES string of the molecule is CC(CNC(C)C)CN(C)C1CCC(C)(C)CC1. The molecule has 1 rings (SSSR count). The predicted octanol–water partition coefficient (Wildman–Crippen LogP) is 3.52. The summed E-state index contributed by atoms with van der Waals surface area (Å²) in [6.07, 6.45) is 5.54. The summed E-state index contributed by atoms with van der Waals surface area (Å²) in [5.41, 5.74) is 0.585. The second-order valence-corrected chi connectivity index (χ2v) is 7.50. The fourth-order valence-electron chi connectivity index (χ4n) is 2.97. The van der Waals surface area contributed by atoms with Gasteiger partial charge in [-0.15, -0.1) is 0 Å². The van der Waals surface area contributed by atoms with Crippen molar-refractivity contribution in [3.05, 3.63) is 0 Å². The average molecular weight is 254 g/mol. The molecular formula is C16H34N2. The number of nitrogens with one attached hydrogen (secondary N) is 1. The van der Waals surface area contributed by atoms with Crippen molar-refractivity contribution in [3.63, 3.8) is 0 Å². The Morgan fingerprint density at radius 1 is 1.17 bits per heavy atom. The molecule has 108 valence electrons. The summed E-state index contributed by atoms with van der Waals surface area (Å²) in [5, 5.41) is 3.54. The van der Waals surface area contributed by atoms with Gasteiger partial charge in [0.25, 0.3) is 0 Å². The van der Waals surface area contributed by atoms with E-state index in [0.717, 1.165) is 18.5 Å². The quantitative estimate of drug-likeness (QED) is 0.780. The van der Waals surface area contributed by atoms with Gasteiger partial charge in [0.1, 0.15) is 0 Å². The number of nitrogens with zero attached hydrogens (tertiary/aromatic N) is 1. The second kappa shape index (κ2) is 6.91. The maximum absolute atomic E-state index is 3.54. The van der Waals surface area contributed by atoms with Crippen LogP contribution in [0.1, 0.15) is 60.3 Å². The Balaban J connectivity index is 2.26. The minimum absolute atomic E-state index is 0.585. The van der Waals surface area contributed by atoms with Crippen LogP contribution in [0.25, 0.3) is 0 Å². The van der Waals surface area contributed by atoms with E-state index in [9.17, 15) is 0 Å². The second-order valence-electron chi connectivity index (χ2n) is 7.50. The lowest BCUT2D eigenvalue weighted by Crippen LogP contribution is -2.41. The minimum atomic E-state index is 0.585. The first-order valence-corrected chi connectivity index (χ1v) is 7.74. The molecule has 0 aromatic carbocycles. The lowest BCUT2D eigenvalue weighted by Gasteiger charge is -2.39. The number of hydrogen-bond acceptors (Lipinski definition) is 2. The highest BCUT2D eigenvalue weighted by atomic mass is 15.1. The van der Waals surface area contributed by atoms with Gasteiger partial charge in [0.05, 0.1) is 0 Å². The maximum atomic E-state index is 3.54. The molecule has 2 heteroatoms. The molecule has 18 heavy (non-hydrogen) atoms. The van der Waals surface area contributed by atoms with Gasteiger partial charge in [0.15, 0.2) is 0 Å². The zero-order valence-corrected chi connectivity index (χ0v) is 13.4. The molecule has 1 unspecified atom stereocenters. The van der Waals surface area contributed by atoms with Gasteiger partial charge in [-0.05, 0) is 50.6 Å². The monoisotopic (exact) mass is 254 g/mol. The van der Waals surface area contributed by atoms with Crippen molar-refractivity contribution in [1.82, 2.24) is 10.2 Å². The van der Waals surface area contributed by atoms with Crippen LogP contribution in [0.5, 0.6) is 0 Å². The third-order valence-electron chi connectivity index (χ3n) is 4.41. The maximum Gasteiger partial charge on any atom is 0.00927 e. The molecule has 0 bridgehead atoms. The molecule has 0 amide bonds. The third-order valence-corrected chi connectivity index (χ3v) is 4.41. The summed E-state index contributed by atoms with van der Waals surface area (Å²) in [6, 6.07) is 1.42. The Labute approximate surface area is 115 Å². The zero-order chi connectivity index (χ0) is 13.8. The van der Waals surface area contributed by atoms with Crippen molar-refractivity contribution >= 4 is 0 Å². The summed E-state index contributed by atoms with van der Waals surface area (Å²) in [7, 11) is 2.31. The average Bonchev–Trinajstić information content (AvgIpc) is 2.26. The molecule has 1 atom stereocenters. The first-order valence-electron chi connectivity index (χ1n) is 7.74. The van der Waals surface area contributed by atoms with Crippen molar-refractivity contribution in [2.24, 2.45) is 11.3 Å². The van der Waals surface area contributed by atoms with Crippen molar-refractivity contribution in [1.29, 1.82) is 0 Å². The van der Waals surface area contributed by atoms with Crippen LogP contribution in [0.3, 0.4) is 0 Å². The zero-order valence-electron chi connectivity index (χ0n) is 13.4. The van der Waals surface area contributed by atoms with Crippen LogP contribution in [0.2, 0.25) is 0 Å². The van der Waals surface area contributed by atoms with Gasteiger partial charge in [-0.2, -0.15) is 0 Å². The van der Waals surface area contributed by atoms with E-state index in [0.29, 0.717) is 11.5 Å². The molecule has 0 radical (unpaired) electrons. The van der Waals surface area contributed by atoms with Crippen molar-refractivity contribution in [2.45, 2.75) is 72.4 Å². The summed E-state index contributed by atoms with van der Waals surface area (Å²) in [4.78, 5) is 2.60. The number of rotatable bonds is 6. The highest BCUT2D eigenvalue weighted by molar-refractivity contribution is 4.83. The largest absolute Gasteiger partial charge is 0.314 e. The van der Waals surface area contributed by atoms with Crippen molar-refractivity contribution in [3.8, 4) is 0 Å². The van der Waals surface area contributed by atoms with Gasteiger partial charge < -0.3 is 10.2 Å². The highest BCUT2D eigenvalue weighted by Crippen LogP contribution is 2.36. The van der Waals surface area contributed by atoms with E-state index in [2.05, 4.69) is 51.9 Å². The summed E-state index contributed by atoms with van der Waals surface area (Å²) in [6.45, 7) is 14.0. The predicted molar refractivity (Wildman–Crippen MR) is 81.0 cm³/mol. The molecule has 0 aliphatic heterocycles. The Kier molecular flexibility index (Phi) is 6.13. The van der Waals surface area contributed by atoms with Gasteiger partial charge in [-0.3, -0.25) is 0 Å². The Morgan fingerprint density at radius 2 is 1.72 bits per heavy atom. The fourth-order valence-corrected chi connectivity index (χ4v) is 2.97. The van der Waals surface area contributed by atoms with Crippen LogP contribution in [-0.2, 0) is 0 Å². The third kappa shape index (κ3) is 5.71. The normalized spacial score (nSPS) is 22.7. The lowest BCUT2D eigenvalue weighted by atomic mass is 9.75. The van der Waals surface area contributed by atoms with Crippen LogP contribution in [0, 0.1) is 11.3 Å². The molecule has 1 fully saturated rings. The first kappa shape index (κ1) is 16.0. The van der Waals surface area contributed by atoms with Crippen LogP contribution in [0.4, 0.5) is 0 Å². The molecule has 0 saturated heterocycles. The Morgan fingerprint density at radius 3 is 2.22 bits per heavy atom. The molecule has 1 aliphatic rings. The van der Waals surface area contributed by atoms with E-state index in [1.54, 1.807) is 0 Å². The van der Waals surface area contributed by atoms with Crippen LogP contribution < -0.4 is 5.32 Å². The van der Waals surface area contributed by atoms with Crippen LogP contribution >= 0.6 is 0 Å². The van der Waals surface area contributed by atoms with Crippen molar-refractivity contribution in [2.75, 3.05) is 20.1 Å². The molecule has 0 spiro atoms. The Hall–Kier alpha value is -0.0800. The van der Waals surface area contributed by atoms with Gasteiger partial charge in [-0.25, -0.2) is 0 Å². The van der Waals surface area contributed by atoms with E-state index < -0.39 is 0 Å². The first-order chi connectivity index (χ1) is 8.30. The van der Waals surface area contributed by atoms with Gasteiger partial charge in [0.2, 0.25) is 0 Å². The highest BCUT2D eigenvalue weighted by Gasteiger charge is 2.28. The molecule has 0 aromatic heterocycles. The molecule has 1 N–H and O–H groups in total. The molecule has 0 heterocycles. The summed E-state index contributed by atoms with van der Waals surface area (Å²) >= 11 is 0. The minimum Gasteiger partial charge on any atom is -0.314 e. The molecule has 2 nitrogen and oxygen atoms in total. The van der Waals surface area contributed by atoms with Gasteiger partial charge >= 0.3 is 0 Å². The topological polar surface area (TPSA) is 15.3 Å². The van der Waals surface area contributed by atoms with Crippen LogP contribution in [0.15, 0.2) is 0 Å². The number of hydrogen-bond donors (Lipinski definition) is 1. The van der Waals surface area contributed by atoms with Crippen molar-refractivity contribution < 1.29 is 0 Å². The summed E-state index contributed by atoms with van der Waals surface area (Å²) in [5.74, 6) is 0.743. The summed E-state index contributed by atoms with van der Waals surface area (Å²) < 4.78 is 0. The van der Waals surface area contributed by atoms with E-state index in [4.69, 9.17) is 0 Å². The smallest absolute Gasteiger partial charge is 0.00927 e. The van der Waals surface area contributed by atoms with E-state index in [1.165, 1.54) is 32.2 Å². The standard InChI is InChI=1S/C16H34N2/c1-13(2)17-11-14(3)12-18(6)15-7-9-16(4,5)10-8-15/h13-15,17H,7-12H2,1-6H3. The molecule has 0 aromatic rings. The molecule has 1 aliphatic carbocycles. The van der Waals surface area contributed by atoms with Crippen LogP contribution in [-0.4, -0.2) is 37.1 Å². The fraction of sp³-hybridized carbons (Fsp3) is 1.00. The molecular weight excluding hydrogens is 220 g/mol. The van der Waals surface area contributed by atoms with Gasteiger partial charge in [-0.1, -0.05) is 34.6 Å². The van der Waals surface area contributed by atoms with E-state index >= 15 is 0 Å². The van der Waals surface area contributed by atoms with Gasteiger partial charge in [0, 0.05) is 18.6 Å². The van der Waals surface area contributed by atoms with E-state index in [-0.39, 0.29) is 0 Å². The van der Waals surface area contributed by atoms with E-state index in [1.807, 2.05) is 0 Å². The Bertz CT molecular complexity index is 225. The molecule has 1 saturated carbocycles.